The Balaban J connectivity index is 2.80. The molecule has 0 saturated carbocycles. The van der Waals surface area contributed by atoms with Crippen molar-refractivity contribution in [2.75, 3.05) is 0 Å². The number of rotatable bonds is 3. The molecule has 0 atom stereocenters. The number of phenolic OH excluding ortho intramolecular Hbond substituents is 1. The second-order valence-electron chi connectivity index (χ2n) is 3.43. The predicted molar refractivity (Wildman–Crippen MR) is 56.5 cm³/mol. The molecular formula is C12H14O2. The van der Waals surface area contributed by atoms with E-state index in [1.54, 1.807) is 18.2 Å². The molecule has 1 rings (SSSR count). The van der Waals surface area contributed by atoms with Crippen LogP contribution in [0, 0.1) is 0 Å². The minimum absolute atomic E-state index is 0.0516. The van der Waals surface area contributed by atoms with Gasteiger partial charge in [-0.05, 0) is 26.0 Å². The summed E-state index contributed by atoms with van der Waals surface area (Å²) in [5, 5.41) is 9.40. The summed E-state index contributed by atoms with van der Waals surface area (Å²) in [6.45, 7) is 3.89. The van der Waals surface area contributed by atoms with Crippen molar-refractivity contribution in [3.63, 3.8) is 0 Å². The lowest BCUT2D eigenvalue weighted by molar-refractivity contribution is 0.0993. The molecule has 0 saturated heterocycles. The molecule has 0 aliphatic heterocycles. The SMILES string of the molecule is CC(C)=CCC(=O)c1ccccc1O. The fraction of sp³-hybridized carbons (Fsp3) is 0.250. The number of ketones is 1. The van der Waals surface area contributed by atoms with Gasteiger partial charge in [-0.25, -0.2) is 0 Å². The normalized spacial score (nSPS) is 9.57. The summed E-state index contributed by atoms with van der Waals surface area (Å²) in [4.78, 5) is 11.6. The van der Waals surface area contributed by atoms with Crippen molar-refractivity contribution >= 4 is 5.78 Å². The van der Waals surface area contributed by atoms with Crippen LogP contribution < -0.4 is 0 Å². The Kier molecular flexibility index (Phi) is 3.46. The molecule has 0 amide bonds. The first kappa shape index (κ1) is 10.5. The standard InChI is InChI=1S/C12H14O2/c1-9(2)7-8-12(14)10-5-3-4-6-11(10)13/h3-7,13H,8H2,1-2H3. The van der Waals surface area contributed by atoms with E-state index in [-0.39, 0.29) is 11.5 Å². The first-order valence-electron chi connectivity index (χ1n) is 4.56. The van der Waals surface area contributed by atoms with Gasteiger partial charge in [0.15, 0.2) is 5.78 Å². The lowest BCUT2D eigenvalue weighted by Crippen LogP contribution is -1.97. The molecule has 2 nitrogen and oxygen atoms in total. The first-order chi connectivity index (χ1) is 6.61. The van der Waals surface area contributed by atoms with Crippen LogP contribution >= 0.6 is 0 Å². The maximum atomic E-state index is 11.6. The largest absolute Gasteiger partial charge is 0.507 e. The molecule has 14 heavy (non-hydrogen) atoms. The molecule has 74 valence electrons. The van der Waals surface area contributed by atoms with Crippen LogP contribution in [0.4, 0.5) is 0 Å². The van der Waals surface area contributed by atoms with Crippen molar-refractivity contribution in [3.8, 4) is 5.75 Å². The number of Topliss-reactive ketones (excluding diaryl/α,β-unsaturated/α-hetero) is 1. The van der Waals surface area contributed by atoms with E-state index in [1.165, 1.54) is 6.07 Å². The Bertz CT molecular complexity index is 360. The molecule has 0 radical (unpaired) electrons. The minimum atomic E-state index is -0.0516. The maximum Gasteiger partial charge on any atom is 0.170 e. The number of hydrogen-bond donors (Lipinski definition) is 1. The molecule has 0 aromatic heterocycles. The van der Waals surface area contributed by atoms with Gasteiger partial charge in [0.2, 0.25) is 0 Å². The van der Waals surface area contributed by atoms with Crippen LogP contribution in [-0.2, 0) is 0 Å². The van der Waals surface area contributed by atoms with Crippen LogP contribution in [0.2, 0.25) is 0 Å². The number of allylic oxidation sites excluding steroid dienone is 2. The Morgan fingerprint density at radius 3 is 2.57 bits per heavy atom. The summed E-state index contributed by atoms with van der Waals surface area (Å²) in [5.74, 6) is 0.00366. The molecule has 0 unspecified atom stereocenters. The van der Waals surface area contributed by atoms with Crippen molar-refractivity contribution < 1.29 is 9.90 Å². The smallest absolute Gasteiger partial charge is 0.170 e. The van der Waals surface area contributed by atoms with Gasteiger partial charge in [0.1, 0.15) is 5.75 Å². The number of hydrogen-bond acceptors (Lipinski definition) is 2. The zero-order valence-corrected chi connectivity index (χ0v) is 8.45. The highest BCUT2D eigenvalue weighted by atomic mass is 16.3. The van der Waals surface area contributed by atoms with E-state index >= 15 is 0 Å². The first-order valence-corrected chi connectivity index (χ1v) is 4.56. The highest BCUT2D eigenvalue weighted by Gasteiger charge is 2.07. The van der Waals surface area contributed by atoms with E-state index < -0.39 is 0 Å². The molecule has 0 heterocycles. The lowest BCUT2D eigenvalue weighted by Gasteiger charge is -2.00. The second kappa shape index (κ2) is 4.61. The zero-order chi connectivity index (χ0) is 10.6. The summed E-state index contributed by atoms with van der Waals surface area (Å²) in [5.41, 5.74) is 1.50. The lowest BCUT2D eigenvalue weighted by atomic mass is 10.1. The van der Waals surface area contributed by atoms with Gasteiger partial charge < -0.3 is 5.11 Å². The third kappa shape index (κ3) is 2.73. The monoisotopic (exact) mass is 190 g/mol. The molecule has 1 N–H and O–H groups in total. The summed E-state index contributed by atoms with van der Waals surface area (Å²) >= 11 is 0. The van der Waals surface area contributed by atoms with Gasteiger partial charge in [0.05, 0.1) is 5.56 Å². The van der Waals surface area contributed by atoms with Crippen LogP contribution in [0.25, 0.3) is 0 Å². The van der Waals surface area contributed by atoms with Gasteiger partial charge in [-0.15, -0.1) is 0 Å². The molecule has 0 spiro atoms. The van der Waals surface area contributed by atoms with Crippen molar-refractivity contribution in [2.45, 2.75) is 20.3 Å². The van der Waals surface area contributed by atoms with Crippen LogP contribution in [-0.4, -0.2) is 10.9 Å². The number of para-hydroxylation sites is 1. The van der Waals surface area contributed by atoms with E-state index in [2.05, 4.69) is 0 Å². The van der Waals surface area contributed by atoms with Crippen LogP contribution in [0.3, 0.4) is 0 Å². The van der Waals surface area contributed by atoms with Crippen molar-refractivity contribution in [3.05, 3.63) is 41.5 Å². The summed E-state index contributed by atoms with van der Waals surface area (Å²) < 4.78 is 0. The van der Waals surface area contributed by atoms with E-state index in [0.29, 0.717) is 12.0 Å². The summed E-state index contributed by atoms with van der Waals surface area (Å²) in [7, 11) is 0. The van der Waals surface area contributed by atoms with Gasteiger partial charge >= 0.3 is 0 Å². The fourth-order valence-electron chi connectivity index (χ4n) is 1.12. The predicted octanol–water partition coefficient (Wildman–Crippen LogP) is 2.93. The van der Waals surface area contributed by atoms with Gasteiger partial charge in [0, 0.05) is 6.42 Å². The molecule has 2 heteroatoms. The number of carbonyl (C=O) groups is 1. The third-order valence-corrected chi connectivity index (χ3v) is 1.90. The molecule has 0 aliphatic rings. The second-order valence-corrected chi connectivity index (χ2v) is 3.43. The Morgan fingerprint density at radius 2 is 2.00 bits per heavy atom. The molecule has 1 aromatic rings. The molecule has 0 fully saturated rings. The zero-order valence-electron chi connectivity index (χ0n) is 8.45. The quantitative estimate of drug-likeness (QED) is 0.587. The fourth-order valence-corrected chi connectivity index (χ4v) is 1.12. The van der Waals surface area contributed by atoms with E-state index in [9.17, 15) is 9.90 Å². The number of phenols is 1. The van der Waals surface area contributed by atoms with E-state index in [1.807, 2.05) is 19.9 Å². The molecular weight excluding hydrogens is 176 g/mol. The third-order valence-electron chi connectivity index (χ3n) is 1.90. The van der Waals surface area contributed by atoms with Gasteiger partial charge in [-0.2, -0.15) is 0 Å². The number of aromatic hydroxyl groups is 1. The average molecular weight is 190 g/mol. The van der Waals surface area contributed by atoms with Crippen LogP contribution in [0.5, 0.6) is 5.75 Å². The van der Waals surface area contributed by atoms with Crippen LogP contribution in [0.15, 0.2) is 35.9 Å². The Labute approximate surface area is 83.9 Å². The van der Waals surface area contributed by atoms with Gasteiger partial charge in [0.25, 0.3) is 0 Å². The minimum Gasteiger partial charge on any atom is -0.507 e. The topological polar surface area (TPSA) is 37.3 Å². The number of benzene rings is 1. The van der Waals surface area contributed by atoms with E-state index in [0.717, 1.165) is 5.57 Å². The van der Waals surface area contributed by atoms with Gasteiger partial charge in [-0.1, -0.05) is 23.8 Å². The molecule has 1 aromatic carbocycles. The van der Waals surface area contributed by atoms with Crippen molar-refractivity contribution in [1.29, 1.82) is 0 Å². The Hall–Kier alpha value is -1.57. The highest BCUT2D eigenvalue weighted by molar-refractivity contribution is 5.99. The number of carbonyl (C=O) groups excluding carboxylic acids is 1. The van der Waals surface area contributed by atoms with Gasteiger partial charge in [-0.3, -0.25) is 4.79 Å². The summed E-state index contributed by atoms with van der Waals surface area (Å²) in [6, 6.07) is 6.61. The summed E-state index contributed by atoms with van der Waals surface area (Å²) in [6.07, 6.45) is 2.20. The van der Waals surface area contributed by atoms with Crippen molar-refractivity contribution in [1.82, 2.24) is 0 Å². The molecule has 0 aliphatic carbocycles. The Morgan fingerprint density at radius 1 is 1.36 bits per heavy atom. The molecule has 0 bridgehead atoms. The van der Waals surface area contributed by atoms with Crippen molar-refractivity contribution in [2.24, 2.45) is 0 Å². The average Bonchev–Trinajstić information content (AvgIpc) is 2.15. The highest BCUT2D eigenvalue weighted by Crippen LogP contribution is 2.17. The maximum absolute atomic E-state index is 11.6. The van der Waals surface area contributed by atoms with E-state index in [4.69, 9.17) is 0 Å². The van der Waals surface area contributed by atoms with Crippen LogP contribution in [0.1, 0.15) is 30.6 Å².